The molecule has 0 bridgehead atoms. The maximum Gasteiger partial charge on any atom is 0.227 e. The molecule has 4 heteroatoms. The van der Waals surface area contributed by atoms with Gasteiger partial charge in [0, 0.05) is 17.2 Å². The van der Waals surface area contributed by atoms with Crippen LogP contribution in [0.1, 0.15) is 10.4 Å². The second-order valence-corrected chi connectivity index (χ2v) is 5.18. The molecule has 2 nitrogen and oxygen atoms in total. The molecule has 114 valence electrons. The van der Waals surface area contributed by atoms with Crippen LogP contribution in [-0.4, -0.2) is 5.78 Å². The Labute approximate surface area is 132 Å². The van der Waals surface area contributed by atoms with Crippen molar-refractivity contribution in [1.29, 1.82) is 0 Å². The zero-order chi connectivity index (χ0) is 16.2. The predicted octanol–water partition coefficient (Wildman–Crippen LogP) is 3.80. The molecule has 3 rings (SSSR count). The number of nitrogens with zero attached hydrogens (tertiary/aromatic N) is 1. The second kappa shape index (κ2) is 6.48. The van der Waals surface area contributed by atoms with E-state index in [0.717, 1.165) is 23.3 Å². The van der Waals surface area contributed by atoms with Gasteiger partial charge in [-0.1, -0.05) is 30.3 Å². The Kier molecular flexibility index (Phi) is 4.24. The fraction of sp³-hybridized carbons (Fsp3) is 0.0526. The molecular formula is C19H14F2NO+. The van der Waals surface area contributed by atoms with Gasteiger partial charge >= 0.3 is 0 Å². The van der Waals surface area contributed by atoms with Crippen LogP contribution >= 0.6 is 0 Å². The number of pyridine rings is 1. The van der Waals surface area contributed by atoms with Crippen LogP contribution < -0.4 is 4.57 Å². The standard InChI is InChI=1S/C19H14F2NO/c20-17-9-8-15(11-18(17)21)19(23)13-22-10-4-7-16(12-22)14-5-2-1-3-6-14/h1-12H,13H2/q+1. The first-order valence-corrected chi connectivity index (χ1v) is 7.16. The van der Waals surface area contributed by atoms with Crippen molar-refractivity contribution < 1.29 is 18.1 Å². The van der Waals surface area contributed by atoms with Gasteiger partial charge in [-0.05, 0) is 29.8 Å². The van der Waals surface area contributed by atoms with Crippen molar-refractivity contribution in [3.8, 4) is 11.1 Å². The number of hydrogen-bond donors (Lipinski definition) is 0. The molecule has 0 unspecified atom stereocenters. The molecule has 0 atom stereocenters. The molecule has 0 radical (unpaired) electrons. The van der Waals surface area contributed by atoms with Crippen LogP contribution in [0.25, 0.3) is 11.1 Å². The number of hydrogen-bond acceptors (Lipinski definition) is 1. The molecule has 0 saturated heterocycles. The van der Waals surface area contributed by atoms with Crippen molar-refractivity contribution in [3.63, 3.8) is 0 Å². The van der Waals surface area contributed by atoms with E-state index in [2.05, 4.69) is 0 Å². The minimum absolute atomic E-state index is 0.0613. The van der Waals surface area contributed by atoms with E-state index in [0.29, 0.717) is 0 Å². The van der Waals surface area contributed by atoms with Crippen molar-refractivity contribution in [2.75, 3.05) is 0 Å². The summed E-state index contributed by atoms with van der Waals surface area (Å²) in [6.45, 7) is 0.0613. The van der Waals surface area contributed by atoms with E-state index >= 15 is 0 Å². The predicted molar refractivity (Wildman–Crippen MR) is 82.8 cm³/mol. The van der Waals surface area contributed by atoms with Crippen molar-refractivity contribution in [2.24, 2.45) is 0 Å². The number of halogens is 2. The molecule has 2 aromatic carbocycles. The quantitative estimate of drug-likeness (QED) is 0.530. The summed E-state index contributed by atoms with van der Waals surface area (Å²) in [5, 5.41) is 0. The molecule has 0 aliphatic heterocycles. The van der Waals surface area contributed by atoms with Crippen molar-refractivity contribution in [3.05, 3.63) is 90.3 Å². The van der Waals surface area contributed by atoms with Crippen LogP contribution in [0.5, 0.6) is 0 Å². The molecule has 0 N–H and O–H groups in total. The molecule has 0 spiro atoms. The molecular weight excluding hydrogens is 296 g/mol. The lowest BCUT2D eigenvalue weighted by atomic mass is 10.1. The molecule has 1 aromatic heterocycles. The lowest BCUT2D eigenvalue weighted by Crippen LogP contribution is -2.37. The van der Waals surface area contributed by atoms with E-state index in [1.54, 1.807) is 10.8 Å². The fourth-order valence-electron chi connectivity index (χ4n) is 2.35. The van der Waals surface area contributed by atoms with Crippen molar-refractivity contribution in [1.82, 2.24) is 0 Å². The van der Waals surface area contributed by atoms with Gasteiger partial charge in [0.15, 0.2) is 24.0 Å². The zero-order valence-electron chi connectivity index (χ0n) is 12.2. The number of benzene rings is 2. The third-order valence-electron chi connectivity index (χ3n) is 3.53. The SMILES string of the molecule is O=C(C[n+]1cccc(-c2ccccc2)c1)c1ccc(F)c(F)c1. The van der Waals surface area contributed by atoms with Gasteiger partial charge in [0.1, 0.15) is 0 Å². The lowest BCUT2D eigenvalue weighted by Gasteiger charge is -2.02. The van der Waals surface area contributed by atoms with E-state index in [-0.39, 0.29) is 17.9 Å². The Morgan fingerprint density at radius 1 is 0.870 bits per heavy atom. The first kappa shape index (κ1) is 15.0. The first-order chi connectivity index (χ1) is 11.1. The van der Waals surface area contributed by atoms with Crippen LogP contribution in [0, 0.1) is 11.6 Å². The smallest absolute Gasteiger partial charge is 0.227 e. The van der Waals surface area contributed by atoms with Crippen LogP contribution in [0.4, 0.5) is 8.78 Å². The van der Waals surface area contributed by atoms with E-state index in [4.69, 9.17) is 0 Å². The van der Waals surface area contributed by atoms with Crippen LogP contribution in [0.3, 0.4) is 0 Å². The molecule has 23 heavy (non-hydrogen) atoms. The van der Waals surface area contributed by atoms with E-state index in [1.807, 2.05) is 48.7 Å². The summed E-state index contributed by atoms with van der Waals surface area (Å²) in [6.07, 6.45) is 3.62. The highest BCUT2D eigenvalue weighted by atomic mass is 19.2. The highest BCUT2D eigenvalue weighted by molar-refractivity contribution is 5.95. The van der Waals surface area contributed by atoms with Crippen molar-refractivity contribution >= 4 is 5.78 Å². The Morgan fingerprint density at radius 2 is 1.61 bits per heavy atom. The highest BCUT2D eigenvalue weighted by Gasteiger charge is 2.15. The number of Topliss-reactive ketones (excluding diaryl/α,β-unsaturated/α-hetero) is 1. The molecule has 3 aromatic rings. The van der Waals surface area contributed by atoms with Gasteiger partial charge in [0.2, 0.25) is 12.3 Å². The molecule has 0 aliphatic rings. The van der Waals surface area contributed by atoms with E-state index in [1.165, 1.54) is 6.07 Å². The van der Waals surface area contributed by atoms with Gasteiger partial charge < -0.3 is 0 Å². The average molecular weight is 310 g/mol. The van der Waals surface area contributed by atoms with Crippen molar-refractivity contribution in [2.45, 2.75) is 6.54 Å². The third-order valence-corrected chi connectivity index (χ3v) is 3.53. The van der Waals surface area contributed by atoms with Gasteiger partial charge in [-0.25, -0.2) is 8.78 Å². The summed E-state index contributed by atoms with van der Waals surface area (Å²) in [7, 11) is 0. The number of ketones is 1. The van der Waals surface area contributed by atoms with E-state index < -0.39 is 11.6 Å². The van der Waals surface area contributed by atoms with E-state index in [9.17, 15) is 13.6 Å². The van der Waals surface area contributed by atoms with Crippen LogP contribution in [-0.2, 0) is 6.54 Å². The van der Waals surface area contributed by atoms with Crippen LogP contribution in [0.15, 0.2) is 73.1 Å². The summed E-state index contributed by atoms with van der Waals surface area (Å²) >= 11 is 0. The summed E-state index contributed by atoms with van der Waals surface area (Å²) in [6, 6.07) is 16.8. The zero-order valence-corrected chi connectivity index (χ0v) is 12.2. The largest absolute Gasteiger partial charge is 0.287 e. The summed E-state index contributed by atoms with van der Waals surface area (Å²) < 4.78 is 27.9. The molecule has 0 saturated carbocycles. The lowest BCUT2D eigenvalue weighted by molar-refractivity contribution is -0.682. The number of rotatable bonds is 4. The Morgan fingerprint density at radius 3 is 2.35 bits per heavy atom. The van der Waals surface area contributed by atoms with Gasteiger partial charge in [-0.3, -0.25) is 4.79 Å². The normalized spacial score (nSPS) is 10.5. The monoisotopic (exact) mass is 310 g/mol. The summed E-state index contributed by atoms with van der Waals surface area (Å²) in [4.78, 5) is 12.2. The Bertz CT molecular complexity index is 847. The molecule has 1 heterocycles. The molecule has 0 amide bonds. The summed E-state index contributed by atoms with van der Waals surface area (Å²) in [5.74, 6) is -2.25. The van der Waals surface area contributed by atoms with Gasteiger partial charge in [-0.2, -0.15) is 4.57 Å². The first-order valence-electron chi connectivity index (χ1n) is 7.16. The van der Waals surface area contributed by atoms with Gasteiger partial charge in [0.25, 0.3) is 0 Å². The topological polar surface area (TPSA) is 20.9 Å². The minimum atomic E-state index is -1.01. The number of carbonyl (C=O) groups is 1. The third kappa shape index (κ3) is 3.48. The molecule has 0 fully saturated rings. The Balaban J connectivity index is 1.83. The van der Waals surface area contributed by atoms with Crippen LogP contribution in [0.2, 0.25) is 0 Å². The highest BCUT2D eigenvalue weighted by Crippen LogP contribution is 2.16. The second-order valence-electron chi connectivity index (χ2n) is 5.18. The van der Waals surface area contributed by atoms with Gasteiger partial charge in [-0.15, -0.1) is 0 Å². The Hall–Kier alpha value is -2.88. The van der Waals surface area contributed by atoms with Gasteiger partial charge in [0.05, 0.1) is 0 Å². The average Bonchev–Trinajstić information content (AvgIpc) is 2.58. The summed E-state index contributed by atoms with van der Waals surface area (Å²) in [5.41, 5.74) is 2.18. The minimum Gasteiger partial charge on any atom is -0.287 e. The maximum absolute atomic E-state index is 13.2. The number of aromatic nitrogens is 1. The number of carbonyl (C=O) groups excluding carboxylic acids is 1. The maximum atomic E-state index is 13.2. The molecule has 0 aliphatic carbocycles. The fourth-order valence-corrected chi connectivity index (χ4v) is 2.35.